The number of nitrogens with zero attached hydrogens (tertiary/aromatic N) is 1. The minimum absolute atomic E-state index is 0.0700. The third-order valence-electron chi connectivity index (χ3n) is 3.53. The van der Waals surface area contributed by atoms with Crippen molar-refractivity contribution in [3.05, 3.63) is 34.3 Å². The van der Waals surface area contributed by atoms with E-state index in [1.807, 2.05) is 45.0 Å². The number of carbonyl (C=O) groups excluding carboxylic acids is 1. The molecule has 2 atom stereocenters. The first-order valence-corrected chi connectivity index (χ1v) is 7.97. The Hall–Kier alpha value is -1.07. The number of halogens is 1. The summed E-state index contributed by atoms with van der Waals surface area (Å²) < 4.78 is 6.41. The van der Waals surface area contributed by atoms with Gasteiger partial charge in [0, 0.05) is 23.5 Å². The highest BCUT2D eigenvalue weighted by Gasteiger charge is 2.33. The second-order valence-electron chi connectivity index (χ2n) is 6.44. The van der Waals surface area contributed by atoms with E-state index in [-0.39, 0.29) is 12.0 Å². The average Bonchev–Trinajstić information content (AvgIpc) is 2.38. The Balaban J connectivity index is 2.09. The van der Waals surface area contributed by atoms with E-state index in [9.17, 15) is 9.90 Å². The van der Waals surface area contributed by atoms with Crippen LogP contribution in [-0.4, -0.2) is 40.9 Å². The van der Waals surface area contributed by atoms with Crippen molar-refractivity contribution in [2.45, 2.75) is 44.8 Å². The van der Waals surface area contributed by atoms with E-state index in [0.29, 0.717) is 19.5 Å². The van der Waals surface area contributed by atoms with Crippen molar-refractivity contribution in [3.63, 3.8) is 0 Å². The summed E-state index contributed by atoms with van der Waals surface area (Å²) in [7, 11) is 0. The zero-order valence-electron chi connectivity index (χ0n) is 12.7. The molecule has 1 fully saturated rings. The van der Waals surface area contributed by atoms with Crippen LogP contribution in [0.15, 0.2) is 28.7 Å². The molecule has 2 unspecified atom stereocenters. The van der Waals surface area contributed by atoms with Crippen molar-refractivity contribution >= 4 is 22.0 Å². The molecule has 4 nitrogen and oxygen atoms in total. The second-order valence-corrected chi connectivity index (χ2v) is 7.36. The van der Waals surface area contributed by atoms with Gasteiger partial charge in [0.15, 0.2) is 0 Å². The molecule has 1 aliphatic rings. The summed E-state index contributed by atoms with van der Waals surface area (Å²) in [5.41, 5.74) is 0.541. The van der Waals surface area contributed by atoms with Crippen LogP contribution < -0.4 is 0 Å². The number of rotatable bonds is 1. The monoisotopic (exact) mass is 355 g/mol. The number of piperidine rings is 1. The zero-order valence-corrected chi connectivity index (χ0v) is 14.3. The van der Waals surface area contributed by atoms with Gasteiger partial charge in [-0.05, 0) is 44.9 Å². The maximum absolute atomic E-state index is 12.2. The van der Waals surface area contributed by atoms with Gasteiger partial charge in [0.25, 0.3) is 0 Å². The molecule has 0 radical (unpaired) electrons. The summed E-state index contributed by atoms with van der Waals surface area (Å²) in [6.07, 6.45) is -0.165. The fraction of sp³-hybridized carbons (Fsp3) is 0.562. The van der Waals surface area contributed by atoms with E-state index in [0.717, 1.165) is 10.0 Å². The van der Waals surface area contributed by atoms with Crippen LogP contribution in [-0.2, 0) is 4.74 Å². The van der Waals surface area contributed by atoms with Crippen molar-refractivity contribution in [1.82, 2.24) is 4.90 Å². The average molecular weight is 356 g/mol. The molecule has 0 aliphatic carbocycles. The molecule has 1 heterocycles. The molecular weight excluding hydrogens is 334 g/mol. The predicted octanol–water partition coefficient (Wildman–Crippen LogP) is 3.53. The number of hydrogen-bond acceptors (Lipinski definition) is 3. The first kappa shape index (κ1) is 16.3. The number of ether oxygens (including phenoxy) is 1. The first-order valence-electron chi connectivity index (χ1n) is 7.18. The van der Waals surface area contributed by atoms with Gasteiger partial charge < -0.3 is 14.7 Å². The second kappa shape index (κ2) is 6.36. The zero-order chi connectivity index (χ0) is 15.6. The number of benzene rings is 1. The lowest BCUT2D eigenvalue weighted by molar-refractivity contribution is 0.00407. The molecule has 1 aromatic rings. The molecular formula is C16H22BrNO3. The Morgan fingerprint density at radius 3 is 2.52 bits per heavy atom. The van der Waals surface area contributed by atoms with Gasteiger partial charge in [-0.2, -0.15) is 0 Å². The largest absolute Gasteiger partial charge is 0.444 e. The lowest BCUT2D eigenvalue weighted by Crippen LogP contribution is -2.46. The van der Waals surface area contributed by atoms with Gasteiger partial charge >= 0.3 is 6.09 Å². The summed E-state index contributed by atoms with van der Waals surface area (Å²) >= 11 is 3.41. The maximum atomic E-state index is 12.2. The van der Waals surface area contributed by atoms with Gasteiger partial charge in [-0.1, -0.05) is 28.1 Å². The summed E-state index contributed by atoms with van der Waals surface area (Å²) in [6.45, 7) is 6.59. The van der Waals surface area contributed by atoms with Crippen LogP contribution in [0.2, 0.25) is 0 Å². The highest BCUT2D eigenvalue weighted by molar-refractivity contribution is 9.10. The molecule has 5 heteroatoms. The van der Waals surface area contributed by atoms with E-state index in [4.69, 9.17) is 4.74 Å². The van der Waals surface area contributed by atoms with Gasteiger partial charge in [0.2, 0.25) is 0 Å². The highest BCUT2D eigenvalue weighted by Crippen LogP contribution is 2.29. The SMILES string of the molecule is CC(C)(C)OC(=O)N1CCC(O)C(c2ccc(Br)cc2)C1. The summed E-state index contributed by atoms with van der Waals surface area (Å²) in [5.74, 6) is -0.0700. The third-order valence-corrected chi connectivity index (χ3v) is 4.05. The lowest BCUT2D eigenvalue weighted by Gasteiger charge is -2.37. The summed E-state index contributed by atoms with van der Waals surface area (Å²) in [6, 6.07) is 7.87. The van der Waals surface area contributed by atoms with Crippen molar-refractivity contribution in [2.75, 3.05) is 13.1 Å². The predicted molar refractivity (Wildman–Crippen MR) is 85.3 cm³/mol. The van der Waals surface area contributed by atoms with Crippen LogP contribution >= 0.6 is 15.9 Å². The number of amides is 1. The molecule has 1 amide bonds. The van der Waals surface area contributed by atoms with E-state index >= 15 is 0 Å². The molecule has 1 saturated heterocycles. The number of likely N-dealkylation sites (tertiary alicyclic amines) is 1. The molecule has 0 saturated carbocycles. The van der Waals surface area contributed by atoms with Gasteiger partial charge in [-0.15, -0.1) is 0 Å². The topological polar surface area (TPSA) is 49.8 Å². The molecule has 21 heavy (non-hydrogen) atoms. The Bertz CT molecular complexity index is 495. The molecule has 0 aromatic heterocycles. The normalized spacial score (nSPS) is 23.0. The first-order chi connectivity index (χ1) is 9.76. The fourth-order valence-electron chi connectivity index (χ4n) is 2.47. The van der Waals surface area contributed by atoms with Crippen LogP contribution in [0, 0.1) is 0 Å². The molecule has 1 aromatic carbocycles. The van der Waals surface area contributed by atoms with E-state index in [1.165, 1.54) is 0 Å². The minimum atomic E-state index is -0.500. The van der Waals surface area contributed by atoms with Gasteiger partial charge in [0.05, 0.1) is 6.10 Å². The van der Waals surface area contributed by atoms with Crippen LogP contribution in [0.5, 0.6) is 0 Å². The van der Waals surface area contributed by atoms with Crippen LogP contribution in [0.25, 0.3) is 0 Å². The minimum Gasteiger partial charge on any atom is -0.444 e. The number of aliphatic hydroxyl groups is 1. The van der Waals surface area contributed by atoms with Gasteiger partial charge in [0.1, 0.15) is 5.60 Å². The molecule has 116 valence electrons. The Kier molecular flexibility index (Phi) is 4.94. The molecule has 1 N–H and O–H groups in total. The van der Waals surface area contributed by atoms with Crippen molar-refractivity contribution in [2.24, 2.45) is 0 Å². The highest BCUT2D eigenvalue weighted by atomic mass is 79.9. The van der Waals surface area contributed by atoms with Crippen LogP contribution in [0.1, 0.15) is 38.7 Å². The fourth-order valence-corrected chi connectivity index (χ4v) is 2.73. The Labute approximate surface area is 134 Å². The molecule has 0 spiro atoms. The van der Waals surface area contributed by atoms with Crippen molar-refractivity contribution < 1.29 is 14.6 Å². The Morgan fingerprint density at radius 2 is 1.95 bits per heavy atom. The van der Waals surface area contributed by atoms with Gasteiger partial charge in [-0.3, -0.25) is 0 Å². The van der Waals surface area contributed by atoms with Crippen molar-refractivity contribution in [3.8, 4) is 0 Å². The number of hydrogen-bond donors (Lipinski definition) is 1. The number of carbonyl (C=O) groups is 1. The maximum Gasteiger partial charge on any atom is 0.410 e. The van der Waals surface area contributed by atoms with Crippen LogP contribution in [0.3, 0.4) is 0 Å². The number of aliphatic hydroxyl groups excluding tert-OH is 1. The molecule has 2 rings (SSSR count). The quantitative estimate of drug-likeness (QED) is 0.838. The molecule has 0 bridgehead atoms. The van der Waals surface area contributed by atoms with E-state index < -0.39 is 11.7 Å². The van der Waals surface area contributed by atoms with E-state index in [2.05, 4.69) is 15.9 Å². The van der Waals surface area contributed by atoms with Gasteiger partial charge in [-0.25, -0.2) is 4.79 Å². The third kappa shape index (κ3) is 4.45. The van der Waals surface area contributed by atoms with Crippen molar-refractivity contribution in [1.29, 1.82) is 0 Å². The standard InChI is InChI=1S/C16H22BrNO3/c1-16(2,3)21-15(20)18-9-8-14(19)13(10-18)11-4-6-12(17)7-5-11/h4-7,13-14,19H,8-10H2,1-3H3. The Morgan fingerprint density at radius 1 is 1.33 bits per heavy atom. The summed E-state index contributed by atoms with van der Waals surface area (Å²) in [4.78, 5) is 13.9. The lowest BCUT2D eigenvalue weighted by atomic mass is 9.88. The van der Waals surface area contributed by atoms with Crippen LogP contribution in [0.4, 0.5) is 4.79 Å². The molecule has 1 aliphatic heterocycles. The van der Waals surface area contributed by atoms with E-state index in [1.54, 1.807) is 4.90 Å². The summed E-state index contributed by atoms with van der Waals surface area (Å²) in [5, 5.41) is 10.2. The smallest absolute Gasteiger partial charge is 0.410 e.